The molecule has 0 unspecified atom stereocenters. The van der Waals surface area contributed by atoms with Crippen LogP contribution in [0.4, 0.5) is 0 Å². The number of rotatable bonds is 5. The molecule has 0 atom stereocenters. The molecule has 0 spiro atoms. The van der Waals surface area contributed by atoms with E-state index in [0.717, 1.165) is 20.8 Å². The lowest BCUT2D eigenvalue weighted by Gasteiger charge is -2.17. The van der Waals surface area contributed by atoms with Gasteiger partial charge in [-0.05, 0) is 25.5 Å². The average molecular weight is 374 g/mol. The van der Waals surface area contributed by atoms with E-state index in [-0.39, 0.29) is 11.7 Å². The van der Waals surface area contributed by atoms with E-state index in [1.54, 1.807) is 41.7 Å². The van der Waals surface area contributed by atoms with Crippen molar-refractivity contribution >= 4 is 39.2 Å². The quantitative estimate of drug-likeness (QED) is 0.545. The Labute approximate surface area is 154 Å². The molecule has 0 aliphatic rings. The predicted molar refractivity (Wildman–Crippen MR) is 102 cm³/mol. The van der Waals surface area contributed by atoms with Crippen molar-refractivity contribution in [3.63, 3.8) is 0 Å². The predicted octanol–water partition coefficient (Wildman–Crippen LogP) is 3.76. The number of benzene rings is 1. The summed E-state index contributed by atoms with van der Waals surface area (Å²) in [6, 6.07) is 7.06. The van der Waals surface area contributed by atoms with Crippen LogP contribution in [-0.2, 0) is 11.3 Å². The van der Waals surface area contributed by atoms with E-state index in [0.29, 0.717) is 12.3 Å². The van der Waals surface area contributed by atoms with Crippen molar-refractivity contribution in [1.29, 1.82) is 0 Å². The Balaban J connectivity index is 1.69. The molecule has 1 aromatic carbocycles. The molecule has 1 amide bonds. The molecule has 2 heterocycles. The van der Waals surface area contributed by atoms with Gasteiger partial charge in [-0.25, -0.2) is 9.97 Å². The number of carbonyl (C=O) groups excluding carboxylic acids is 1. The molecule has 0 fully saturated rings. The number of phenols is 1. The monoisotopic (exact) mass is 373 g/mol. The molecule has 0 saturated carbocycles. The molecule has 25 heavy (non-hydrogen) atoms. The molecule has 0 radical (unpaired) electrons. The molecule has 3 rings (SSSR count). The van der Waals surface area contributed by atoms with Crippen LogP contribution in [0.2, 0.25) is 0 Å². The largest absolute Gasteiger partial charge is 0.508 e. The van der Waals surface area contributed by atoms with E-state index in [2.05, 4.69) is 23.8 Å². The number of thioether (sulfide) groups is 1. The maximum absolute atomic E-state index is 12.4. The van der Waals surface area contributed by atoms with E-state index in [4.69, 9.17) is 0 Å². The number of fused-ring (bicyclic) bond motifs is 1. The lowest BCUT2D eigenvalue weighted by molar-refractivity contribution is -0.127. The number of nitrogens with zero attached hydrogens (tertiary/aromatic N) is 3. The lowest BCUT2D eigenvalue weighted by Crippen LogP contribution is -2.27. The molecule has 2 aromatic heterocycles. The van der Waals surface area contributed by atoms with Crippen molar-refractivity contribution in [3.05, 3.63) is 46.6 Å². The first-order chi connectivity index (χ1) is 12.0. The van der Waals surface area contributed by atoms with Crippen LogP contribution < -0.4 is 0 Å². The summed E-state index contributed by atoms with van der Waals surface area (Å²) in [4.78, 5) is 24.9. The van der Waals surface area contributed by atoms with E-state index in [1.807, 2.05) is 12.1 Å². The number of phenolic OH excluding ortho intramolecular Hbond substituents is 1. The van der Waals surface area contributed by atoms with Crippen LogP contribution in [0.1, 0.15) is 16.0 Å². The fourth-order valence-electron chi connectivity index (χ4n) is 2.49. The molecule has 0 aliphatic heterocycles. The minimum Gasteiger partial charge on any atom is -0.508 e. The Morgan fingerprint density at radius 3 is 2.80 bits per heavy atom. The first-order valence-corrected chi connectivity index (χ1v) is 9.62. The standard InChI is InChI=1S/C18H19N3O2S2/c1-11-12(2)25-18-16(11)17(19-10-20-18)24-9-15(23)21(3)8-13-6-4-5-7-14(13)22/h4-7,10,22H,8-9H2,1-3H3. The summed E-state index contributed by atoms with van der Waals surface area (Å²) >= 11 is 3.08. The fraction of sp³-hybridized carbons (Fsp3) is 0.278. The number of aryl methyl sites for hydroxylation is 2. The SMILES string of the molecule is Cc1sc2ncnc(SCC(=O)N(C)Cc3ccccc3O)c2c1C. The molecule has 7 heteroatoms. The van der Waals surface area contributed by atoms with Gasteiger partial charge in [0.15, 0.2) is 0 Å². The third-order valence-corrected chi connectivity index (χ3v) is 6.18. The number of hydrogen-bond donors (Lipinski definition) is 1. The van der Waals surface area contributed by atoms with Crippen LogP contribution in [-0.4, -0.2) is 38.7 Å². The van der Waals surface area contributed by atoms with Crippen LogP contribution in [0.5, 0.6) is 5.75 Å². The minimum atomic E-state index is -0.00961. The van der Waals surface area contributed by atoms with E-state index >= 15 is 0 Å². The second-order valence-corrected chi connectivity index (χ2v) is 7.98. The van der Waals surface area contributed by atoms with Crippen molar-refractivity contribution in [2.24, 2.45) is 0 Å². The first-order valence-electron chi connectivity index (χ1n) is 7.81. The van der Waals surface area contributed by atoms with Crippen LogP contribution in [0, 0.1) is 13.8 Å². The van der Waals surface area contributed by atoms with Crippen LogP contribution in [0.25, 0.3) is 10.2 Å². The summed E-state index contributed by atoms with van der Waals surface area (Å²) < 4.78 is 0. The van der Waals surface area contributed by atoms with Crippen molar-refractivity contribution in [2.75, 3.05) is 12.8 Å². The Hall–Kier alpha value is -2.12. The van der Waals surface area contributed by atoms with Gasteiger partial charge in [-0.15, -0.1) is 11.3 Å². The number of carbonyl (C=O) groups is 1. The van der Waals surface area contributed by atoms with E-state index in [1.165, 1.54) is 22.2 Å². The number of aromatic nitrogens is 2. The highest BCUT2D eigenvalue weighted by Gasteiger charge is 2.16. The summed E-state index contributed by atoms with van der Waals surface area (Å²) in [6.45, 7) is 4.51. The molecule has 0 aliphatic carbocycles. The van der Waals surface area contributed by atoms with Crippen LogP contribution in [0.15, 0.2) is 35.6 Å². The minimum absolute atomic E-state index is 0.00961. The highest BCUT2D eigenvalue weighted by Crippen LogP contribution is 2.34. The van der Waals surface area contributed by atoms with Gasteiger partial charge in [0.1, 0.15) is 21.9 Å². The van der Waals surface area contributed by atoms with E-state index in [9.17, 15) is 9.90 Å². The van der Waals surface area contributed by atoms with Crippen molar-refractivity contribution in [2.45, 2.75) is 25.4 Å². The molecule has 0 bridgehead atoms. The van der Waals surface area contributed by atoms with Gasteiger partial charge in [-0.3, -0.25) is 4.79 Å². The zero-order valence-electron chi connectivity index (χ0n) is 14.3. The summed E-state index contributed by atoms with van der Waals surface area (Å²) in [5, 5.41) is 11.7. The van der Waals surface area contributed by atoms with Gasteiger partial charge in [0.2, 0.25) is 5.91 Å². The summed E-state index contributed by atoms with van der Waals surface area (Å²) in [6.07, 6.45) is 1.55. The Morgan fingerprint density at radius 2 is 2.04 bits per heavy atom. The maximum Gasteiger partial charge on any atom is 0.233 e. The van der Waals surface area contributed by atoms with Gasteiger partial charge >= 0.3 is 0 Å². The Bertz CT molecular complexity index is 924. The molecular formula is C18H19N3O2S2. The average Bonchev–Trinajstić information content (AvgIpc) is 2.89. The van der Waals surface area contributed by atoms with Crippen molar-refractivity contribution in [1.82, 2.24) is 14.9 Å². The Morgan fingerprint density at radius 1 is 1.28 bits per heavy atom. The molecule has 3 aromatic rings. The smallest absolute Gasteiger partial charge is 0.233 e. The molecule has 5 nitrogen and oxygen atoms in total. The summed E-state index contributed by atoms with van der Waals surface area (Å²) in [7, 11) is 1.74. The number of amides is 1. The first kappa shape index (κ1) is 17.7. The molecule has 1 N–H and O–H groups in total. The van der Waals surface area contributed by atoms with Gasteiger partial charge in [0.25, 0.3) is 0 Å². The van der Waals surface area contributed by atoms with Gasteiger partial charge in [0, 0.05) is 29.4 Å². The van der Waals surface area contributed by atoms with Crippen molar-refractivity contribution < 1.29 is 9.90 Å². The third-order valence-electron chi connectivity index (χ3n) is 4.09. The maximum atomic E-state index is 12.4. The van der Waals surface area contributed by atoms with Gasteiger partial charge < -0.3 is 10.0 Å². The summed E-state index contributed by atoms with van der Waals surface area (Å²) in [5.41, 5.74) is 1.91. The third kappa shape index (κ3) is 3.77. The van der Waals surface area contributed by atoms with Crippen LogP contribution in [0.3, 0.4) is 0 Å². The molecule has 130 valence electrons. The zero-order valence-corrected chi connectivity index (χ0v) is 15.9. The van der Waals surface area contributed by atoms with Crippen LogP contribution >= 0.6 is 23.1 Å². The van der Waals surface area contributed by atoms with Gasteiger partial charge in [-0.1, -0.05) is 30.0 Å². The number of thiophene rings is 1. The second kappa shape index (κ2) is 7.41. The lowest BCUT2D eigenvalue weighted by atomic mass is 10.2. The fourth-order valence-corrected chi connectivity index (χ4v) is 4.55. The Kier molecular flexibility index (Phi) is 5.24. The number of para-hydroxylation sites is 1. The zero-order chi connectivity index (χ0) is 18.0. The highest BCUT2D eigenvalue weighted by molar-refractivity contribution is 8.00. The normalized spacial score (nSPS) is 11.0. The number of hydrogen-bond acceptors (Lipinski definition) is 6. The van der Waals surface area contributed by atoms with Crippen molar-refractivity contribution in [3.8, 4) is 5.75 Å². The topological polar surface area (TPSA) is 66.3 Å². The molecule has 0 saturated heterocycles. The van der Waals surface area contributed by atoms with Gasteiger partial charge in [-0.2, -0.15) is 0 Å². The summed E-state index contributed by atoms with van der Waals surface area (Å²) in [5.74, 6) is 0.492. The van der Waals surface area contributed by atoms with E-state index < -0.39 is 0 Å². The molecular weight excluding hydrogens is 354 g/mol. The van der Waals surface area contributed by atoms with Gasteiger partial charge in [0.05, 0.1) is 5.75 Å². The second-order valence-electron chi connectivity index (χ2n) is 5.81. The highest BCUT2D eigenvalue weighted by atomic mass is 32.2. The number of aromatic hydroxyl groups is 1.